The fourth-order valence-corrected chi connectivity index (χ4v) is 5.00. The third-order valence-electron chi connectivity index (χ3n) is 5.86. The highest BCUT2D eigenvalue weighted by Gasteiger charge is 2.41. The topological polar surface area (TPSA) is 52.7 Å². The molecule has 5 rings (SSSR count). The van der Waals surface area contributed by atoms with Gasteiger partial charge in [0.25, 0.3) is 11.8 Å². The predicted molar refractivity (Wildman–Crippen MR) is 126 cm³/mol. The number of nitrogens with one attached hydrogen (secondary N) is 1. The molecule has 0 spiro atoms. The molecule has 0 aliphatic carbocycles. The average molecular weight is 466 g/mol. The summed E-state index contributed by atoms with van der Waals surface area (Å²) in [4.78, 5) is 30.2. The van der Waals surface area contributed by atoms with E-state index in [4.69, 9.17) is 0 Å². The number of amides is 2. The highest BCUT2D eigenvalue weighted by Crippen LogP contribution is 2.36. The van der Waals surface area contributed by atoms with Gasteiger partial charge in [0.05, 0.1) is 11.3 Å². The summed E-state index contributed by atoms with van der Waals surface area (Å²) in [6.45, 7) is 2.04. The molecule has 3 aromatic rings. The molecule has 0 atom stereocenters. The van der Waals surface area contributed by atoms with Crippen LogP contribution in [-0.4, -0.2) is 24.9 Å². The Bertz CT molecular complexity index is 1230. The van der Waals surface area contributed by atoms with Crippen molar-refractivity contribution in [2.24, 2.45) is 0 Å². The molecular weight excluding hydrogens is 444 g/mol. The van der Waals surface area contributed by atoms with E-state index < -0.39 is 23.4 Å². The van der Waals surface area contributed by atoms with Crippen molar-refractivity contribution in [2.45, 2.75) is 19.3 Å². The summed E-state index contributed by atoms with van der Waals surface area (Å²) < 4.78 is 27.9. The van der Waals surface area contributed by atoms with Crippen LogP contribution in [0.3, 0.4) is 0 Å². The summed E-state index contributed by atoms with van der Waals surface area (Å²) in [7, 11) is 0. The van der Waals surface area contributed by atoms with Gasteiger partial charge in [0.1, 0.15) is 17.3 Å². The van der Waals surface area contributed by atoms with Crippen molar-refractivity contribution in [3.63, 3.8) is 0 Å². The van der Waals surface area contributed by atoms with Crippen LogP contribution >= 0.6 is 11.3 Å². The number of hydrogen-bond donors (Lipinski definition) is 1. The number of thiophene rings is 1. The van der Waals surface area contributed by atoms with Crippen LogP contribution in [0.2, 0.25) is 0 Å². The van der Waals surface area contributed by atoms with E-state index in [9.17, 15) is 18.4 Å². The Kier molecular flexibility index (Phi) is 5.68. The lowest BCUT2D eigenvalue weighted by molar-refractivity contribution is -0.120. The summed E-state index contributed by atoms with van der Waals surface area (Å²) in [5.74, 6) is -3.10. The summed E-state index contributed by atoms with van der Waals surface area (Å²) in [6.07, 6.45) is 3.59. The minimum Gasteiger partial charge on any atom is -0.372 e. The van der Waals surface area contributed by atoms with E-state index in [1.165, 1.54) is 30.6 Å². The molecule has 0 bridgehead atoms. The van der Waals surface area contributed by atoms with Gasteiger partial charge in [-0.1, -0.05) is 6.07 Å². The van der Waals surface area contributed by atoms with Gasteiger partial charge in [-0.05, 0) is 67.1 Å². The molecule has 5 nitrogen and oxygen atoms in total. The highest BCUT2D eigenvalue weighted by molar-refractivity contribution is 7.11. The molecule has 168 valence electrons. The van der Waals surface area contributed by atoms with E-state index in [0.717, 1.165) is 35.8 Å². The van der Waals surface area contributed by atoms with E-state index in [1.807, 2.05) is 24.3 Å². The summed E-state index contributed by atoms with van der Waals surface area (Å²) >= 11 is 1.31. The molecule has 2 aliphatic heterocycles. The zero-order valence-corrected chi connectivity index (χ0v) is 18.5. The fraction of sp³-hybridized carbons (Fsp3) is 0.200. The molecule has 1 aromatic heterocycles. The maximum atomic E-state index is 14.5. The molecule has 0 radical (unpaired) electrons. The van der Waals surface area contributed by atoms with Crippen LogP contribution in [-0.2, 0) is 9.59 Å². The van der Waals surface area contributed by atoms with Crippen molar-refractivity contribution >= 4 is 45.8 Å². The van der Waals surface area contributed by atoms with Gasteiger partial charge in [0, 0.05) is 35.4 Å². The lowest BCUT2D eigenvalue weighted by Crippen LogP contribution is -2.33. The van der Waals surface area contributed by atoms with E-state index in [2.05, 4.69) is 10.2 Å². The van der Waals surface area contributed by atoms with E-state index in [-0.39, 0.29) is 17.0 Å². The van der Waals surface area contributed by atoms with Crippen molar-refractivity contribution in [2.75, 3.05) is 28.2 Å². The number of benzene rings is 2. The zero-order valence-electron chi connectivity index (χ0n) is 17.7. The standard InChI is InChI=1S/C25H21F2N3O2S/c26-16-6-11-20(19(27)15-16)30-24(31)22(21-5-4-14-33-21)23(25(30)32)28-17-7-9-18(10-8-17)29-12-2-1-3-13-29/h4-11,14-15,28H,1-3,12-13H2. The SMILES string of the molecule is O=C1C(Nc2ccc(N3CCCCC3)cc2)=C(c2cccs2)C(=O)N1c1ccc(F)cc1F. The van der Waals surface area contributed by atoms with Crippen LogP contribution in [0, 0.1) is 11.6 Å². The number of piperidine rings is 1. The largest absolute Gasteiger partial charge is 0.372 e. The Balaban J connectivity index is 1.48. The number of hydrogen-bond acceptors (Lipinski definition) is 5. The Labute approximate surface area is 193 Å². The van der Waals surface area contributed by atoms with E-state index >= 15 is 0 Å². The normalized spacial score (nSPS) is 16.7. The number of nitrogens with zero attached hydrogens (tertiary/aromatic N) is 2. The van der Waals surface area contributed by atoms with Gasteiger partial charge in [0.15, 0.2) is 0 Å². The molecule has 0 saturated carbocycles. The quantitative estimate of drug-likeness (QED) is 0.512. The van der Waals surface area contributed by atoms with Crippen LogP contribution in [0.5, 0.6) is 0 Å². The van der Waals surface area contributed by atoms with Crippen molar-refractivity contribution < 1.29 is 18.4 Å². The summed E-state index contributed by atoms with van der Waals surface area (Å²) in [5, 5.41) is 4.88. The Hall–Kier alpha value is -3.52. The average Bonchev–Trinajstić information content (AvgIpc) is 3.42. The van der Waals surface area contributed by atoms with Gasteiger partial charge < -0.3 is 10.2 Å². The van der Waals surface area contributed by atoms with Crippen LogP contribution < -0.4 is 15.1 Å². The first kappa shape index (κ1) is 21.3. The van der Waals surface area contributed by atoms with Gasteiger partial charge in [-0.2, -0.15) is 0 Å². The van der Waals surface area contributed by atoms with Gasteiger partial charge >= 0.3 is 0 Å². The molecule has 1 saturated heterocycles. The Morgan fingerprint density at radius 3 is 2.30 bits per heavy atom. The highest BCUT2D eigenvalue weighted by atomic mass is 32.1. The van der Waals surface area contributed by atoms with Crippen LogP contribution in [0.15, 0.2) is 65.7 Å². The molecule has 1 fully saturated rings. The lowest BCUT2D eigenvalue weighted by atomic mass is 10.1. The first-order valence-electron chi connectivity index (χ1n) is 10.8. The monoisotopic (exact) mass is 465 g/mol. The van der Waals surface area contributed by atoms with Crippen molar-refractivity contribution in [3.8, 4) is 0 Å². The molecule has 2 aromatic carbocycles. The maximum absolute atomic E-state index is 14.5. The van der Waals surface area contributed by atoms with Crippen LogP contribution in [0.25, 0.3) is 5.57 Å². The lowest BCUT2D eigenvalue weighted by Gasteiger charge is -2.28. The first-order valence-corrected chi connectivity index (χ1v) is 11.6. The predicted octanol–water partition coefficient (Wildman–Crippen LogP) is 5.41. The van der Waals surface area contributed by atoms with Crippen LogP contribution in [0.1, 0.15) is 24.1 Å². The molecule has 2 aliphatic rings. The number of carbonyl (C=O) groups excluding carboxylic acids is 2. The van der Waals surface area contributed by atoms with E-state index in [0.29, 0.717) is 16.6 Å². The summed E-state index contributed by atoms with van der Waals surface area (Å²) in [6, 6.07) is 14.0. The van der Waals surface area contributed by atoms with Crippen LogP contribution in [0.4, 0.5) is 25.8 Å². The first-order chi connectivity index (χ1) is 16.0. The second-order valence-electron chi connectivity index (χ2n) is 7.99. The maximum Gasteiger partial charge on any atom is 0.282 e. The van der Waals surface area contributed by atoms with Crippen molar-refractivity contribution in [1.82, 2.24) is 0 Å². The molecule has 33 heavy (non-hydrogen) atoms. The third kappa shape index (κ3) is 4.02. The van der Waals surface area contributed by atoms with Crippen molar-refractivity contribution in [1.29, 1.82) is 0 Å². The molecule has 1 N–H and O–H groups in total. The minimum absolute atomic E-state index is 0.0666. The van der Waals surface area contributed by atoms with E-state index in [1.54, 1.807) is 17.5 Å². The van der Waals surface area contributed by atoms with Crippen molar-refractivity contribution in [3.05, 3.63) is 82.2 Å². The summed E-state index contributed by atoms with van der Waals surface area (Å²) in [5.41, 5.74) is 1.70. The second-order valence-corrected chi connectivity index (χ2v) is 8.94. The number of anilines is 3. The number of halogens is 2. The molecule has 2 amide bonds. The number of rotatable bonds is 5. The molecule has 8 heteroatoms. The minimum atomic E-state index is -0.977. The smallest absolute Gasteiger partial charge is 0.282 e. The number of imide groups is 1. The van der Waals surface area contributed by atoms with Gasteiger partial charge in [-0.15, -0.1) is 11.3 Å². The fourth-order valence-electron chi connectivity index (χ4n) is 4.23. The second kappa shape index (κ2) is 8.78. The Morgan fingerprint density at radius 2 is 1.64 bits per heavy atom. The van der Waals surface area contributed by atoms with Gasteiger partial charge in [0.2, 0.25) is 0 Å². The zero-order chi connectivity index (χ0) is 22.9. The molecular formula is C25H21F2N3O2S. The Morgan fingerprint density at radius 1 is 0.879 bits per heavy atom. The third-order valence-corrected chi connectivity index (χ3v) is 6.75. The van der Waals surface area contributed by atoms with Gasteiger partial charge in [-0.25, -0.2) is 13.7 Å². The van der Waals surface area contributed by atoms with Gasteiger partial charge in [-0.3, -0.25) is 9.59 Å². The molecule has 0 unspecified atom stereocenters. The molecule has 3 heterocycles. The number of carbonyl (C=O) groups is 2.